The monoisotopic (exact) mass is 262 g/mol. The first-order valence-electron chi connectivity index (χ1n) is 5.80. The Hall–Kier alpha value is -1.36. The SMILES string of the molecule is COc1cc(C)c(C(NN)c2ccsc2)cc1C. The van der Waals surface area contributed by atoms with Crippen molar-refractivity contribution in [2.45, 2.75) is 19.9 Å². The number of nitrogens with one attached hydrogen (secondary N) is 1. The summed E-state index contributed by atoms with van der Waals surface area (Å²) >= 11 is 1.68. The zero-order valence-corrected chi connectivity index (χ0v) is 11.7. The van der Waals surface area contributed by atoms with Gasteiger partial charge in [0.15, 0.2) is 0 Å². The summed E-state index contributed by atoms with van der Waals surface area (Å²) in [7, 11) is 1.69. The van der Waals surface area contributed by atoms with E-state index in [1.165, 1.54) is 16.7 Å². The highest BCUT2D eigenvalue weighted by molar-refractivity contribution is 7.08. The molecule has 1 aromatic carbocycles. The number of methoxy groups -OCH3 is 1. The van der Waals surface area contributed by atoms with Gasteiger partial charge in [-0.25, -0.2) is 5.43 Å². The fraction of sp³-hybridized carbons (Fsp3) is 0.286. The quantitative estimate of drug-likeness (QED) is 0.658. The molecule has 1 atom stereocenters. The number of thiophene rings is 1. The zero-order valence-electron chi connectivity index (χ0n) is 10.9. The summed E-state index contributed by atoms with van der Waals surface area (Å²) in [4.78, 5) is 0. The van der Waals surface area contributed by atoms with E-state index in [2.05, 4.69) is 41.3 Å². The molecule has 96 valence electrons. The molecule has 0 aliphatic rings. The van der Waals surface area contributed by atoms with Gasteiger partial charge in [-0.3, -0.25) is 5.84 Å². The minimum absolute atomic E-state index is 0.0286. The Labute approximate surface area is 112 Å². The van der Waals surface area contributed by atoms with Crippen LogP contribution in [0.25, 0.3) is 0 Å². The summed E-state index contributed by atoms with van der Waals surface area (Å²) in [5.74, 6) is 6.62. The lowest BCUT2D eigenvalue weighted by molar-refractivity contribution is 0.411. The number of ether oxygens (including phenoxy) is 1. The van der Waals surface area contributed by atoms with E-state index in [9.17, 15) is 0 Å². The third-order valence-corrected chi connectivity index (χ3v) is 3.84. The number of rotatable bonds is 4. The largest absolute Gasteiger partial charge is 0.496 e. The van der Waals surface area contributed by atoms with Gasteiger partial charge in [0.2, 0.25) is 0 Å². The van der Waals surface area contributed by atoms with E-state index in [0.29, 0.717) is 0 Å². The topological polar surface area (TPSA) is 47.3 Å². The van der Waals surface area contributed by atoms with Crippen LogP contribution in [0, 0.1) is 13.8 Å². The van der Waals surface area contributed by atoms with Crippen molar-refractivity contribution in [2.24, 2.45) is 5.84 Å². The Morgan fingerprint density at radius 1 is 1.28 bits per heavy atom. The van der Waals surface area contributed by atoms with Crippen LogP contribution in [0.2, 0.25) is 0 Å². The predicted octanol–water partition coefficient (Wildman–Crippen LogP) is 2.93. The average molecular weight is 262 g/mol. The number of benzene rings is 1. The Morgan fingerprint density at radius 2 is 2.06 bits per heavy atom. The molecule has 0 spiro atoms. The molecule has 3 N–H and O–H groups in total. The molecular formula is C14H18N2OS. The lowest BCUT2D eigenvalue weighted by Crippen LogP contribution is -2.29. The van der Waals surface area contributed by atoms with Crippen LogP contribution in [-0.2, 0) is 0 Å². The maximum atomic E-state index is 5.71. The molecule has 0 saturated carbocycles. The van der Waals surface area contributed by atoms with Crippen LogP contribution < -0.4 is 16.0 Å². The molecule has 0 saturated heterocycles. The van der Waals surface area contributed by atoms with Crippen molar-refractivity contribution in [3.05, 3.63) is 51.2 Å². The van der Waals surface area contributed by atoms with E-state index >= 15 is 0 Å². The predicted molar refractivity (Wildman–Crippen MR) is 76.0 cm³/mol. The summed E-state index contributed by atoms with van der Waals surface area (Å²) in [5.41, 5.74) is 7.56. The van der Waals surface area contributed by atoms with Crippen LogP contribution in [-0.4, -0.2) is 7.11 Å². The fourth-order valence-electron chi connectivity index (χ4n) is 2.15. The Kier molecular flexibility index (Phi) is 4.01. The van der Waals surface area contributed by atoms with Crippen molar-refractivity contribution >= 4 is 11.3 Å². The Morgan fingerprint density at radius 3 is 2.61 bits per heavy atom. The first-order chi connectivity index (χ1) is 8.67. The third-order valence-electron chi connectivity index (χ3n) is 3.14. The van der Waals surface area contributed by atoms with Gasteiger partial charge in [-0.15, -0.1) is 0 Å². The Bertz CT molecular complexity index is 523. The van der Waals surface area contributed by atoms with Crippen LogP contribution >= 0.6 is 11.3 Å². The first kappa shape index (κ1) is 13.1. The molecule has 18 heavy (non-hydrogen) atoms. The summed E-state index contributed by atoms with van der Waals surface area (Å²) in [6, 6.07) is 6.31. The van der Waals surface area contributed by atoms with Crippen molar-refractivity contribution in [1.82, 2.24) is 5.43 Å². The number of hydrazine groups is 1. The second-order valence-electron chi connectivity index (χ2n) is 4.33. The third kappa shape index (κ3) is 2.41. The number of aryl methyl sites for hydroxylation is 2. The van der Waals surface area contributed by atoms with Crippen molar-refractivity contribution in [3.63, 3.8) is 0 Å². The summed E-state index contributed by atoms with van der Waals surface area (Å²) < 4.78 is 5.34. The van der Waals surface area contributed by atoms with Crippen molar-refractivity contribution in [1.29, 1.82) is 0 Å². The smallest absolute Gasteiger partial charge is 0.122 e. The summed E-state index contributed by atoms with van der Waals surface area (Å²) in [6.45, 7) is 4.12. The fourth-order valence-corrected chi connectivity index (χ4v) is 2.83. The molecule has 2 aromatic rings. The lowest BCUT2D eigenvalue weighted by Gasteiger charge is -2.19. The number of hydrogen-bond acceptors (Lipinski definition) is 4. The van der Waals surface area contributed by atoms with E-state index in [4.69, 9.17) is 10.6 Å². The molecule has 1 aromatic heterocycles. The van der Waals surface area contributed by atoms with Gasteiger partial charge in [0.25, 0.3) is 0 Å². The molecule has 0 bridgehead atoms. The first-order valence-corrected chi connectivity index (χ1v) is 6.75. The van der Waals surface area contributed by atoms with Gasteiger partial charge < -0.3 is 4.74 Å². The van der Waals surface area contributed by atoms with Crippen LogP contribution in [0.4, 0.5) is 0 Å². The molecule has 0 aliphatic carbocycles. The Balaban J connectivity index is 2.46. The number of hydrogen-bond donors (Lipinski definition) is 2. The van der Waals surface area contributed by atoms with Crippen molar-refractivity contribution < 1.29 is 4.74 Å². The van der Waals surface area contributed by atoms with Crippen LogP contribution in [0.1, 0.15) is 28.3 Å². The van der Waals surface area contributed by atoms with Crippen molar-refractivity contribution in [2.75, 3.05) is 7.11 Å². The lowest BCUT2D eigenvalue weighted by atomic mass is 9.95. The molecule has 0 radical (unpaired) electrons. The van der Waals surface area contributed by atoms with E-state index in [1.54, 1.807) is 18.4 Å². The van der Waals surface area contributed by atoms with E-state index in [1.807, 2.05) is 6.92 Å². The van der Waals surface area contributed by atoms with Gasteiger partial charge in [-0.2, -0.15) is 11.3 Å². The van der Waals surface area contributed by atoms with Gasteiger partial charge in [0, 0.05) is 0 Å². The molecule has 2 rings (SSSR count). The van der Waals surface area contributed by atoms with Gasteiger partial charge in [-0.1, -0.05) is 6.07 Å². The maximum Gasteiger partial charge on any atom is 0.122 e. The number of nitrogens with two attached hydrogens (primary N) is 1. The normalized spacial score (nSPS) is 12.4. The van der Waals surface area contributed by atoms with Crippen LogP contribution in [0.5, 0.6) is 5.75 Å². The van der Waals surface area contributed by atoms with Gasteiger partial charge in [-0.05, 0) is 59.0 Å². The van der Waals surface area contributed by atoms with Gasteiger partial charge >= 0.3 is 0 Å². The highest BCUT2D eigenvalue weighted by Gasteiger charge is 2.16. The van der Waals surface area contributed by atoms with E-state index in [-0.39, 0.29) is 6.04 Å². The second kappa shape index (κ2) is 5.52. The summed E-state index contributed by atoms with van der Waals surface area (Å²) in [6.07, 6.45) is 0. The van der Waals surface area contributed by atoms with E-state index < -0.39 is 0 Å². The van der Waals surface area contributed by atoms with Crippen molar-refractivity contribution in [3.8, 4) is 5.75 Å². The maximum absolute atomic E-state index is 5.71. The molecule has 4 heteroatoms. The van der Waals surface area contributed by atoms with Gasteiger partial charge in [0.1, 0.15) is 5.75 Å². The average Bonchev–Trinajstić information content (AvgIpc) is 2.87. The minimum atomic E-state index is 0.0286. The highest BCUT2D eigenvalue weighted by atomic mass is 32.1. The standard InChI is InChI=1S/C14H18N2OS/c1-9-7-13(17-3)10(2)6-12(9)14(16-15)11-4-5-18-8-11/h4-8,14,16H,15H2,1-3H3. The molecule has 0 aliphatic heterocycles. The molecule has 1 unspecified atom stereocenters. The molecule has 0 fully saturated rings. The van der Waals surface area contributed by atoms with Crippen LogP contribution in [0.3, 0.4) is 0 Å². The van der Waals surface area contributed by atoms with E-state index in [0.717, 1.165) is 11.3 Å². The highest BCUT2D eigenvalue weighted by Crippen LogP contribution is 2.30. The van der Waals surface area contributed by atoms with Gasteiger partial charge in [0.05, 0.1) is 13.2 Å². The molecule has 3 nitrogen and oxygen atoms in total. The molecule has 1 heterocycles. The second-order valence-corrected chi connectivity index (χ2v) is 5.11. The van der Waals surface area contributed by atoms with Crippen LogP contribution in [0.15, 0.2) is 29.0 Å². The molecular weight excluding hydrogens is 244 g/mol. The molecule has 0 amide bonds. The summed E-state index contributed by atoms with van der Waals surface area (Å²) in [5, 5.41) is 4.18. The minimum Gasteiger partial charge on any atom is -0.496 e. The zero-order chi connectivity index (χ0) is 13.1.